The van der Waals surface area contributed by atoms with Crippen molar-refractivity contribution in [1.29, 1.82) is 0 Å². The van der Waals surface area contributed by atoms with Gasteiger partial charge in [0.25, 0.3) is 0 Å². The Hall–Kier alpha value is -0.511. The van der Waals surface area contributed by atoms with E-state index in [2.05, 4.69) is 16.0 Å². The molecule has 5 heteroatoms. The van der Waals surface area contributed by atoms with Gasteiger partial charge in [-0.15, -0.1) is 0 Å². The molecule has 0 saturated carbocycles. The first-order valence-corrected chi connectivity index (χ1v) is 5.72. The second-order valence-corrected chi connectivity index (χ2v) is 5.39. The van der Waals surface area contributed by atoms with Crippen molar-refractivity contribution in [1.82, 2.24) is 0 Å². The summed E-state index contributed by atoms with van der Waals surface area (Å²) >= 11 is 2.10. The average Bonchev–Trinajstić information content (AvgIpc) is 2.16. The maximum atomic E-state index is 12.3. The normalized spacial score (nSPS) is 16.2. The van der Waals surface area contributed by atoms with Gasteiger partial charge in [0, 0.05) is 0 Å². The van der Waals surface area contributed by atoms with Crippen molar-refractivity contribution < 1.29 is 18.3 Å². The number of hydrogen-bond acceptors (Lipinski definition) is 1. The molecule has 16 heavy (non-hydrogen) atoms. The molecule has 1 rings (SSSR count). The zero-order chi connectivity index (χ0) is 12.6. The summed E-state index contributed by atoms with van der Waals surface area (Å²) in [6.07, 6.45) is -4.34. The molecule has 1 nitrogen and oxygen atoms in total. The SMILES string of the molecule is CC(C)C(O)([SeH])c1ccc(C(F)(F)F)cc1. The van der Waals surface area contributed by atoms with Gasteiger partial charge >= 0.3 is 100 Å². The van der Waals surface area contributed by atoms with E-state index in [0.717, 1.165) is 12.1 Å². The molecule has 0 bridgehead atoms. The standard InChI is InChI=1S/C11H13F3OSe/c1-7(2)10(15,16)8-3-5-9(6-4-8)11(12,13)14/h3-7,15-16H,1-2H3. The van der Waals surface area contributed by atoms with Crippen LogP contribution in [0.1, 0.15) is 25.0 Å². The molecule has 1 atom stereocenters. The van der Waals surface area contributed by atoms with Crippen molar-refractivity contribution in [3.8, 4) is 0 Å². The van der Waals surface area contributed by atoms with Crippen LogP contribution >= 0.6 is 0 Å². The van der Waals surface area contributed by atoms with E-state index in [9.17, 15) is 18.3 Å². The van der Waals surface area contributed by atoms with Gasteiger partial charge in [-0.2, -0.15) is 0 Å². The summed E-state index contributed by atoms with van der Waals surface area (Å²) in [6.45, 7) is 3.60. The van der Waals surface area contributed by atoms with Gasteiger partial charge in [-0.25, -0.2) is 0 Å². The molecule has 0 heterocycles. The van der Waals surface area contributed by atoms with Crippen LogP contribution in [0.4, 0.5) is 13.2 Å². The van der Waals surface area contributed by atoms with Crippen LogP contribution < -0.4 is 0 Å². The van der Waals surface area contributed by atoms with Gasteiger partial charge in [-0.3, -0.25) is 0 Å². The molecule has 0 aromatic heterocycles. The fourth-order valence-corrected chi connectivity index (χ4v) is 1.55. The number of alkyl halides is 3. The van der Waals surface area contributed by atoms with E-state index < -0.39 is 16.2 Å². The topological polar surface area (TPSA) is 20.2 Å². The van der Waals surface area contributed by atoms with Crippen molar-refractivity contribution in [2.75, 3.05) is 0 Å². The van der Waals surface area contributed by atoms with Crippen molar-refractivity contribution in [2.45, 2.75) is 24.5 Å². The molecule has 0 aliphatic heterocycles. The number of rotatable bonds is 2. The summed E-state index contributed by atoms with van der Waals surface area (Å²) in [4.78, 5) is 0. The number of halogens is 3. The third-order valence-electron chi connectivity index (χ3n) is 2.44. The second-order valence-electron chi connectivity index (χ2n) is 3.96. The fourth-order valence-electron chi connectivity index (χ4n) is 1.24. The molecule has 0 aliphatic carbocycles. The third kappa shape index (κ3) is 2.78. The first kappa shape index (κ1) is 13.6. The molecule has 0 saturated heterocycles. The third-order valence-corrected chi connectivity index (χ3v) is 4.07. The summed E-state index contributed by atoms with van der Waals surface area (Å²) in [6, 6.07) is 4.58. The quantitative estimate of drug-likeness (QED) is 0.831. The Labute approximate surface area is 100 Å². The predicted molar refractivity (Wildman–Crippen MR) is 57.3 cm³/mol. The van der Waals surface area contributed by atoms with Crippen LogP contribution in [0.2, 0.25) is 0 Å². The van der Waals surface area contributed by atoms with Crippen molar-refractivity contribution >= 4 is 16.0 Å². The molecule has 1 aromatic rings. The van der Waals surface area contributed by atoms with Crippen LogP contribution in [-0.2, 0) is 10.7 Å². The van der Waals surface area contributed by atoms with Gasteiger partial charge in [0.15, 0.2) is 0 Å². The van der Waals surface area contributed by atoms with Crippen molar-refractivity contribution in [2.24, 2.45) is 5.92 Å². The molecule has 90 valence electrons. The van der Waals surface area contributed by atoms with Gasteiger partial charge < -0.3 is 0 Å². The Kier molecular flexibility index (Phi) is 3.72. The molecule has 0 spiro atoms. The molecular weight excluding hydrogens is 284 g/mol. The van der Waals surface area contributed by atoms with Gasteiger partial charge in [0.05, 0.1) is 0 Å². The second kappa shape index (κ2) is 4.40. The molecule has 0 fully saturated rings. The van der Waals surface area contributed by atoms with Crippen LogP contribution in [0.25, 0.3) is 0 Å². The summed E-state index contributed by atoms with van der Waals surface area (Å²) in [5, 5.41) is 10.0. The van der Waals surface area contributed by atoms with E-state index in [1.165, 1.54) is 12.1 Å². The molecule has 0 aliphatic rings. The van der Waals surface area contributed by atoms with Crippen LogP contribution in [-0.4, -0.2) is 21.1 Å². The van der Waals surface area contributed by atoms with Gasteiger partial charge in [0.1, 0.15) is 0 Å². The van der Waals surface area contributed by atoms with E-state index in [4.69, 9.17) is 0 Å². The monoisotopic (exact) mass is 298 g/mol. The number of aliphatic hydroxyl groups is 1. The average molecular weight is 297 g/mol. The molecule has 1 unspecified atom stereocenters. The summed E-state index contributed by atoms with van der Waals surface area (Å²) < 4.78 is 35.8. The van der Waals surface area contributed by atoms with E-state index in [0.29, 0.717) is 5.56 Å². The summed E-state index contributed by atoms with van der Waals surface area (Å²) in [5.41, 5.74) is -0.237. The first-order chi connectivity index (χ1) is 7.15. The zero-order valence-corrected chi connectivity index (χ0v) is 10.8. The van der Waals surface area contributed by atoms with Crippen LogP contribution in [0, 0.1) is 5.92 Å². The maximum absolute atomic E-state index is 12.3. The minimum absolute atomic E-state index is 0.0933. The molecule has 0 radical (unpaired) electrons. The molecule has 0 amide bonds. The van der Waals surface area contributed by atoms with E-state index in [-0.39, 0.29) is 5.92 Å². The molecule has 1 aromatic carbocycles. The summed E-state index contributed by atoms with van der Waals surface area (Å²) in [5.74, 6) is -0.0933. The van der Waals surface area contributed by atoms with E-state index in [1.807, 2.05) is 0 Å². The van der Waals surface area contributed by atoms with Gasteiger partial charge in [0.2, 0.25) is 0 Å². The molecule has 1 N–H and O–H groups in total. The zero-order valence-electron chi connectivity index (χ0n) is 8.92. The summed E-state index contributed by atoms with van der Waals surface area (Å²) in [7, 11) is 0. The fraction of sp³-hybridized carbons (Fsp3) is 0.455. The first-order valence-electron chi connectivity index (χ1n) is 4.78. The van der Waals surface area contributed by atoms with Gasteiger partial charge in [-0.1, -0.05) is 0 Å². The Balaban J connectivity index is 3.05. The Morgan fingerprint density at radius 1 is 1.06 bits per heavy atom. The Morgan fingerprint density at radius 3 is 1.75 bits per heavy atom. The van der Waals surface area contributed by atoms with Crippen LogP contribution in [0.15, 0.2) is 24.3 Å². The molecular formula is C11H13F3OSe. The van der Waals surface area contributed by atoms with E-state index >= 15 is 0 Å². The Bertz CT molecular complexity index is 354. The minimum atomic E-state index is -4.34. The van der Waals surface area contributed by atoms with Crippen molar-refractivity contribution in [3.63, 3.8) is 0 Å². The number of benzene rings is 1. The van der Waals surface area contributed by atoms with Crippen LogP contribution in [0.3, 0.4) is 0 Å². The van der Waals surface area contributed by atoms with Crippen LogP contribution in [0.5, 0.6) is 0 Å². The predicted octanol–water partition coefficient (Wildman–Crippen LogP) is 2.41. The van der Waals surface area contributed by atoms with Gasteiger partial charge in [-0.05, 0) is 0 Å². The Morgan fingerprint density at radius 2 is 1.44 bits per heavy atom. The van der Waals surface area contributed by atoms with Crippen molar-refractivity contribution in [3.05, 3.63) is 35.4 Å². The van der Waals surface area contributed by atoms with E-state index in [1.54, 1.807) is 13.8 Å². The number of hydrogen-bond donors (Lipinski definition) is 1.